The van der Waals surface area contributed by atoms with Gasteiger partial charge in [0.25, 0.3) is 0 Å². The number of rotatable bonds is 5. The lowest BCUT2D eigenvalue weighted by atomic mass is 9.94. The molecule has 6 aromatic rings. The predicted octanol–water partition coefficient (Wildman–Crippen LogP) is 9.12. The Morgan fingerprint density at radius 1 is 0.805 bits per heavy atom. The molecule has 6 aromatic carbocycles. The molecule has 0 saturated heterocycles. The third kappa shape index (κ3) is 4.47. The van der Waals surface area contributed by atoms with Crippen molar-refractivity contribution in [3.63, 3.8) is 0 Å². The number of hydrogen-bond donors (Lipinski definition) is 0. The summed E-state index contributed by atoms with van der Waals surface area (Å²) in [4.78, 5) is 0. The average molecular weight is 565 g/mol. The van der Waals surface area contributed by atoms with Gasteiger partial charge in [-0.1, -0.05) is 110 Å². The minimum absolute atomic E-state index is 0.198. The van der Waals surface area contributed by atoms with Crippen LogP contribution in [0, 0.1) is 0 Å². The summed E-state index contributed by atoms with van der Waals surface area (Å²) in [5, 5.41) is 8.59. The Bertz CT molecular complexity index is 2190. The second-order valence-electron chi connectivity index (χ2n) is 10.4. The first kappa shape index (κ1) is 27.1. The van der Waals surface area contributed by atoms with Crippen LogP contribution in [0.15, 0.2) is 103 Å². The first-order chi connectivity index (χ1) is 19.7. The maximum Gasteiger partial charge on any atom is 0.396 e. The Hall–Kier alpha value is -4.14. The van der Waals surface area contributed by atoms with E-state index >= 15 is 4.57 Å². The highest BCUT2D eigenvalue weighted by atomic mass is 31.2. The molecule has 0 spiro atoms. The first-order valence-corrected chi connectivity index (χ1v) is 15.4. The molecule has 0 N–H and O–H groups in total. The van der Waals surface area contributed by atoms with Crippen molar-refractivity contribution in [3.05, 3.63) is 119 Å². The van der Waals surface area contributed by atoms with Gasteiger partial charge in [0.1, 0.15) is 6.16 Å². The molecule has 0 aliphatic carbocycles. The van der Waals surface area contributed by atoms with Gasteiger partial charge in [0.05, 0.1) is 0 Å². The molecule has 0 saturated carbocycles. The van der Waals surface area contributed by atoms with Crippen LogP contribution in [0.1, 0.15) is 19.4 Å². The second-order valence-corrected chi connectivity index (χ2v) is 13.1. The maximum absolute atomic E-state index is 15.4. The van der Waals surface area contributed by atoms with Gasteiger partial charge in [-0.25, -0.2) is 0 Å². The van der Waals surface area contributed by atoms with Crippen molar-refractivity contribution < 1.29 is 17.7 Å². The summed E-state index contributed by atoms with van der Waals surface area (Å²) < 4.78 is 58.8. The molecule has 6 rings (SSSR count). The summed E-state index contributed by atoms with van der Waals surface area (Å²) in [5.41, 5.74) is 0.517. The first-order valence-electron chi connectivity index (χ1n) is 13.5. The van der Waals surface area contributed by atoms with Crippen molar-refractivity contribution in [1.29, 1.82) is 0 Å². The minimum atomic E-state index is -4.66. The second kappa shape index (κ2) is 10.0. The van der Waals surface area contributed by atoms with Crippen LogP contribution in [-0.2, 0) is 4.57 Å². The van der Waals surface area contributed by atoms with E-state index in [1.807, 2.05) is 85.8 Å². The Balaban J connectivity index is 1.74. The normalized spacial score (nSPS) is 15.1. The van der Waals surface area contributed by atoms with Gasteiger partial charge in [-0.15, -0.1) is 0 Å². The third-order valence-electron chi connectivity index (χ3n) is 7.87. The average Bonchev–Trinajstić information content (AvgIpc) is 2.95. The van der Waals surface area contributed by atoms with Crippen LogP contribution in [0.5, 0.6) is 0 Å². The SMILES string of the molecule is C=c1/c(=C\C=C/C)ccc2cccc(/C(=C\C)P(=O)(CC(F)(F)F)c3cc4cccc5ccc6cccc3c6c54)c12. The summed E-state index contributed by atoms with van der Waals surface area (Å²) in [7, 11) is -4.29. The Kier molecular flexibility index (Phi) is 6.63. The highest BCUT2D eigenvalue weighted by Gasteiger charge is 2.44. The minimum Gasteiger partial charge on any atom is -0.313 e. The van der Waals surface area contributed by atoms with Gasteiger partial charge >= 0.3 is 6.18 Å². The van der Waals surface area contributed by atoms with Gasteiger partial charge in [0.2, 0.25) is 0 Å². The molecule has 0 fully saturated rings. The fourth-order valence-corrected chi connectivity index (χ4v) is 9.21. The molecule has 1 nitrogen and oxygen atoms in total. The zero-order valence-corrected chi connectivity index (χ0v) is 23.7. The van der Waals surface area contributed by atoms with Gasteiger partial charge in [-0.3, -0.25) is 0 Å². The summed E-state index contributed by atoms with van der Waals surface area (Å²) in [5.74, 6) is 0. The van der Waals surface area contributed by atoms with Crippen LogP contribution in [0.4, 0.5) is 13.2 Å². The topological polar surface area (TPSA) is 17.1 Å². The zero-order valence-electron chi connectivity index (χ0n) is 22.8. The molecule has 0 aliphatic heterocycles. The fourth-order valence-electron chi connectivity index (χ4n) is 6.19. The van der Waals surface area contributed by atoms with Gasteiger partial charge in [0, 0.05) is 10.6 Å². The summed E-state index contributed by atoms with van der Waals surface area (Å²) in [6.45, 7) is 7.90. The third-order valence-corrected chi connectivity index (χ3v) is 11.1. The standard InChI is InChI=1S/C36H28F3OP/c1-4-6-10-24-17-18-25-12-8-15-29(33(25)23(24)3)31(5-2)41(40,22-36(37,38)39)32-21-28-14-7-11-26-19-20-27-13-9-16-30(32)35(27)34(26)28/h4-21H,3,22H2,1-2H3/b6-4-,24-10-,31-5+. The molecule has 0 amide bonds. The molecule has 5 heteroatoms. The highest BCUT2D eigenvalue weighted by molar-refractivity contribution is 7.81. The number of alkyl halides is 3. The quantitative estimate of drug-likeness (QED) is 0.151. The molecule has 1 unspecified atom stereocenters. The molecule has 0 aromatic heterocycles. The van der Waals surface area contributed by atoms with E-state index < -0.39 is 19.5 Å². The zero-order chi connectivity index (χ0) is 28.9. The lowest BCUT2D eigenvalue weighted by Gasteiger charge is -2.27. The van der Waals surface area contributed by atoms with Crippen molar-refractivity contribution in [3.8, 4) is 0 Å². The van der Waals surface area contributed by atoms with E-state index in [0.717, 1.165) is 37.5 Å². The van der Waals surface area contributed by atoms with E-state index in [2.05, 4.69) is 6.58 Å². The van der Waals surface area contributed by atoms with Gasteiger partial charge < -0.3 is 4.57 Å². The molecule has 0 bridgehead atoms. The highest BCUT2D eigenvalue weighted by Crippen LogP contribution is 2.62. The smallest absolute Gasteiger partial charge is 0.313 e. The number of allylic oxidation sites excluding steroid dienone is 3. The van der Waals surface area contributed by atoms with Gasteiger partial charge in [-0.05, 0) is 79.0 Å². The lowest BCUT2D eigenvalue weighted by molar-refractivity contribution is -0.106. The van der Waals surface area contributed by atoms with Crippen molar-refractivity contribution >= 4 is 73.5 Å². The lowest BCUT2D eigenvalue weighted by Crippen LogP contribution is -2.25. The van der Waals surface area contributed by atoms with Gasteiger partial charge in [-0.2, -0.15) is 13.2 Å². The molecule has 1 atom stereocenters. The van der Waals surface area contributed by atoms with Crippen molar-refractivity contribution in [1.82, 2.24) is 0 Å². The van der Waals surface area contributed by atoms with Crippen LogP contribution in [-0.4, -0.2) is 12.3 Å². The predicted molar refractivity (Wildman–Crippen MR) is 170 cm³/mol. The molecule has 204 valence electrons. The van der Waals surface area contributed by atoms with Crippen LogP contribution in [0.2, 0.25) is 0 Å². The van der Waals surface area contributed by atoms with E-state index in [-0.39, 0.29) is 10.6 Å². The van der Waals surface area contributed by atoms with Crippen molar-refractivity contribution in [2.75, 3.05) is 6.16 Å². The number of benzene rings is 6. The van der Waals surface area contributed by atoms with Crippen LogP contribution in [0.3, 0.4) is 0 Å². The largest absolute Gasteiger partial charge is 0.396 e. The van der Waals surface area contributed by atoms with Crippen molar-refractivity contribution in [2.45, 2.75) is 20.0 Å². The molecular formula is C36H28F3OP. The van der Waals surface area contributed by atoms with E-state index in [9.17, 15) is 13.2 Å². The van der Waals surface area contributed by atoms with Crippen LogP contribution in [0.25, 0.3) is 61.1 Å². The molecule has 0 radical (unpaired) electrons. The Morgan fingerprint density at radius 3 is 2.10 bits per heavy atom. The fraction of sp³-hybridized carbons (Fsp3) is 0.111. The number of hydrogen-bond acceptors (Lipinski definition) is 1. The summed E-state index contributed by atoms with van der Waals surface area (Å²) in [6.07, 6.45) is 1.22. The Labute approximate surface area is 236 Å². The van der Waals surface area contributed by atoms with E-state index in [4.69, 9.17) is 0 Å². The molecular weight excluding hydrogens is 536 g/mol. The van der Waals surface area contributed by atoms with E-state index in [1.165, 1.54) is 0 Å². The monoisotopic (exact) mass is 564 g/mol. The summed E-state index contributed by atoms with van der Waals surface area (Å²) in [6, 6.07) is 26.4. The Morgan fingerprint density at radius 2 is 1.41 bits per heavy atom. The van der Waals surface area contributed by atoms with Gasteiger partial charge in [0.15, 0.2) is 7.14 Å². The van der Waals surface area contributed by atoms with Crippen LogP contribution < -0.4 is 15.7 Å². The van der Waals surface area contributed by atoms with E-state index in [0.29, 0.717) is 21.6 Å². The molecule has 0 heterocycles. The number of fused-ring (bicyclic) bond motifs is 1. The van der Waals surface area contributed by atoms with Crippen LogP contribution >= 0.6 is 7.14 Å². The molecule has 0 aliphatic rings. The molecule has 41 heavy (non-hydrogen) atoms. The van der Waals surface area contributed by atoms with E-state index in [1.54, 1.807) is 37.3 Å². The number of halogens is 3. The van der Waals surface area contributed by atoms with Crippen molar-refractivity contribution in [2.24, 2.45) is 0 Å². The maximum atomic E-state index is 15.4. The summed E-state index contributed by atoms with van der Waals surface area (Å²) >= 11 is 0.